The van der Waals surface area contributed by atoms with Crippen molar-refractivity contribution in [3.8, 4) is 6.07 Å². The van der Waals surface area contributed by atoms with E-state index in [1.165, 1.54) is 21.7 Å². The number of halogens is 3. The molecule has 50 heavy (non-hydrogen) atoms. The minimum absolute atomic E-state index is 0.0734. The Morgan fingerprint density at radius 3 is 2.46 bits per heavy atom. The zero-order valence-corrected chi connectivity index (χ0v) is 30.2. The highest BCUT2D eigenvalue weighted by Crippen LogP contribution is 2.44. The number of piperazine rings is 1. The molecule has 3 aromatic heterocycles. The summed E-state index contributed by atoms with van der Waals surface area (Å²) in [6, 6.07) is 10.3. The SMILES string of the molecule is CNc1nc(N2CCC3(CCN(Cc4ccc5c(cc(C#N)n5CCN5CCN(S(C)(=O)=O)CC5)c4C)C3)C2)c2cc(CC(F)(F)F)sc2n1. The molecule has 0 amide bonds. The number of sulfonamides is 1. The number of likely N-dealkylation sites (tertiary alicyclic amines) is 1. The molecule has 3 aliphatic heterocycles. The van der Waals surface area contributed by atoms with Crippen molar-refractivity contribution in [2.45, 2.75) is 45.5 Å². The third-order valence-electron chi connectivity index (χ3n) is 10.7. The predicted molar refractivity (Wildman–Crippen MR) is 190 cm³/mol. The van der Waals surface area contributed by atoms with E-state index >= 15 is 0 Å². The molecule has 3 fully saturated rings. The van der Waals surface area contributed by atoms with Crippen LogP contribution in [-0.4, -0.2) is 115 Å². The zero-order chi connectivity index (χ0) is 35.4. The Morgan fingerprint density at radius 1 is 1.00 bits per heavy atom. The molecule has 1 N–H and O–H groups in total. The van der Waals surface area contributed by atoms with Crippen LogP contribution in [-0.2, 0) is 29.5 Å². The van der Waals surface area contributed by atoms with E-state index in [0.717, 1.165) is 74.3 Å². The quantitative estimate of drug-likeness (QED) is 0.263. The molecule has 1 unspecified atom stereocenters. The second kappa shape index (κ2) is 13.2. The second-order valence-electron chi connectivity index (χ2n) is 14.1. The van der Waals surface area contributed by atoms with Crippen molar-refractivity contribution in [2.24, 2.45) is 5.41 Å². The normalized spacial score (nSPS) is 21.3. The molecular formula is C34H42F3N9O2S2. The molecule has 1 aromatic carbocycles. The summed E-state index contributed by atoms with van der Waals surface area (Å²) in [5, 5.41) is 14.7. The molecule has 3 aliphatic rings. The summed E-state index contributed by atoms with van der Waals surface area (Å²) in [6.07, 6.45) is -1.98. The molecule has 268 valence electrons. The molecule has 1 spiro atoms. The van der Waals surface area contributed by atoms with Crippen molar-refractivity contribution < 1.29 is 21.6 Å². The van der Waals surface area contributed by atoms with Crippen LogP contribution in [0.2, 0.25) is 0 Å². The predicted octanol–water partition coefficient (Wildman–Crippen LogP) is 4.65. The smallest absolute Gasteiger partial charge is 0.357 e. The summed E-state index contributed by atoms with van der Waals surface area (Å²) in [6.45, 7) is 10.1. The number of thiophene rings is 1. The van der Waals surface area contributed by atoms with Crippen LogP contribution in [0.3, 0.4) is 0 Å². The van der Waals surface area contributed by atoms with Gasteiger partial charge in [-0.1, -0.05) is 6.07 Å². The number of benzene rings is 1. The Balaban J connectivity index is 1.03. The highest BCUT2D eigenvalue weighted by Gasteiger charge is 2.44. The fourth-order valence-electron chi connectivity index (χ4n) is 8.00. The number of fused-ring (bicyclic) bond motifs is 2. The van der Waals surface area contributed by atoms with Gasteiger partial charge >= 0.3 is 6.18 Å². The molecule has 1 atom stereocenters. The van der Waals surface area contributed by atoms with Gasteiger partial charge in [0.05, 0.1) is 18.1 Å². The lowest BCUT2D eigenvalue weighted by atomic mass is 9.86. The minimum atomic E-state index is -4.28. The Hall–Kier alpha value is -3.49. The van der Waals surface area contributed by atoms with Crippen LogP contribution in [0.15, 0.2) is 24.3 Å². The number of hydrogen-bond donors (Lipinski definition) is 1. The fourth-order valence-corrected chi connectivity index (χ4v) is 9.88. The van der Waals surface area contributed by atoms with E-state index in [0.29, 0.717) is 60.4 Å². The van der Waals surface area contributed by atoms with Gasteiger partial charge in [-0.15, -0.1) is 11.3 Å². The second-order valence-corrected chi connectivity index (χ2v) is 17.2. The van der Waals surface area contributed by atoms with Gasteiger partial charge in [0.2, 0.25) is 16.0 Å². The fraction of sp³-hybridized carbons (Fsp3) is 0.559. The largest absolute Gasteiger partial charge is 0.393 e. The van der Waals surface area contributed by atoms with Crippen LogP contribution < -0.4 is 10.2 Å². The molecule has 0 saturated carbocycles. The van der Waals surface area contributed by atoms with Crippen LogP contribution in [0.4, 0.5) is 24.9 Å². The molecule has 0 aliphatic carbocycles. The zero-order valence-electron chi connectivity index (χ0n) is 28.6. The Labute approximate surface area is 294 Å². The first-order valence-electron chi connectivity index (χ1n) is 17.0. The van der Waals surface area contributed by atoms with Crippen LogP contribution in [0.1, 0.15) is 34.5 Å². The first-order valence-corrected chi connectivity index (χ1v) is 19.6. The maximum atomic E-state index is 13.2. The van der Waals surface area contributed by atoms with Crippen molar-refractivity contribution in [3.63, 3.8) is 0 Å². The van der Waals surface area contributed by atoms with E-state index in [1.807, 2.05) is 6.07 Å². The van der Waals surface area contributed by atoms with E-state index in [4.69, 9.17) is 4.98 Å². The van der Waals surface area contributed by atoms with Crippen LogP contribution in [0, 0.1) is 23.7 Å². The van der Waals surface area contributed by atoms with Gasteiger partial charge in [-0.25, -0.2) is 13.4 Å². The monoisotopic (exact) mass is 729 g/mol. The Kier molecular flexibility index (Phi) is 9.25. The van der Waals surface area contributed by atoms with Gasteiger partial charge in [-0.2, -0.15) is 27.7 Å². The maximum Gasteiger partial charge on any atom is 0.393 e. The molecular weight excluding hydrogens is 688 g/mol. The lowest BCUT2D eigenvalue weighted by Gasteiger charge is -2.33. The van der Waals surface area contributed by atoms with Crippen molar-refractivity contribution >= 4 is 54.2 Å². The molecule has 11 nitrogen and oxygen atoms in total. The number of aromatic nitrogens is 3. The summed E-state index contributed by atoms with van der Waals surface area (Å²) >= 11 is 1.08. The van der Waals surface area contributed by atoms with E-state index in [-0.39, 0.29) is 10.3 Å². The summed E-state index contributed by atoms with van der Waals surface area (Å²) in [4.78, 5) is 17.0. The summed E-state index contributed by atoms with van der Waals surface area (Å²) in [7, 11) is -1.46. The highest BCUT2D eigenvalue weighted by molar-refractivity contribution is 7.88. The number of alkyl halides is 3. The third-order valence-corrected chi connectivity index (χ3v) is 13.0. The number of rotatable bonds is 9. The standard InChI is InChI=1S/C34H42F3N9O2S2/c1-23-24(4-5-29-27(23)16-25(19-38)46(29)15-12-42-10-13-45(14-11-42)50(3,47)48)20-43-8-6-33(21-43)7-9-44(22-33)30-28-17-26(18-34(35,36)37)49-31(28)41-32(39-2)40-30/h4-5,16-17H,6-15,18,20-22H2,1-3H3,(H,39,40,41). The van der Waals surface area contributed by atoms with Gasteiger partial charge in [0.25, 0.3) is 0 Å². The van der Waals surface area contributed by atoms with E-state index in [9.17, 15) is 26.9 Å². The number of nitrogens with one attached hydrogen (secondary N) is 1. The van der Waals surface area contributed by atoms with Gasteiger partial charge in [0, 0.05) is 93.7 Å². The third kappa shape index (κ3) is 7.03. The average Bonchev–Trinajstić information content (AvgIpc) is 3.85. The van der Waals surface area contributed by atoms with E-state index in [2.05, 4.69) is 54.7 Å². The van der Waals surface area contributed by atoms with Crippen molar-refractivity contribution in [3.05, 3.63) is 46.0 Å². The molecule has 4 aromatic rings. The molecule has 16 heteroatoms. The van der Waals surface area contributed by atoms with Gasteiger partial charge in [-0.05, 0) is 55.6 Å². The van der Waals surface area contributed by atoms with Crippen LogP contribution >= 0.6 is 11.3 Å². The van der Waals surface area contributed by atoms with Gasteiger partial charge in [-0.3, -0.25) is 9.80 Å². The number of nitriles is 1. The molecule has 6 heterocycles. The van der Waals surface area contributed by atoms with Crippen molar-refractivity contribution in [1.29, 1.82) is 5.26 Å². The van der Waals surface area contributed by atoms with Gasteiger partial charge in [0.15, 0.2) is 0 Å². The first-order chi connectivity index (χ1) is 23.7. The maximum absolute atomic E-state index is 13.2. The number of aryl methyl sites for hydroxylation is 1. The Morgan fingerprint density at radius 2 is 1.76 bits per heavy atom. The summed E-state index contributed by atoms with van der Waals surface area (Å²) in [5.41, 5.74) is 4.13. The van der Waals surface area contributed by atoms with E-state index in [1.54, 1.807) is 13.1 Å². The van der Waals surface area contributed by atoms with Crippen molar-refractivity contribution in [1.82, 2.24) is 28.6 Å². The lowest BCUT2D eigenvalue weighted by molar-refractivity contribution is -0.126. The molecule has 0 bridgehead atoms. The minimum Gasteiger partial charge on any atom is -0.357 e. The summed E-state index contributed by atoms with van der Waals surface area (Å²) in [5.74, 6) is 1.11. The van der Waals surface area contributed by atoms with Crippen molar-refractivity contribution in [2.75, 3.05) is 82.4 Å². The van der Waals surface area contributed by atoms with E-state index < -0.39 is 22.6 Å². The highest BCUT2D eigenvalue weighted by atomic mass is 32.2. The molecule has 0 radical (unpaired) electrons. The average molecular weight is 730 g/mol. The van der Waals surface area contributed by atoms with Crippen LogP contribution in [0.5, 0.6) is 0 Å². The number of nitrogens with zero attached hydrogens (tertiary/aromatic N) is 8. The van der Waals surface area contributed by atoms with Gasteiger partial charge in [0.1, 0.15) is 22.4 Å². The number of hydrogen-bond acceptors (Lipinski definition) is 10. The van der Waals surface area contributed by atoms with Crippen LogP contribution in [0.25, 0.3) is 21.1 Å². The molecule has 7 rings (SSSR count). The first kappa shape index (κ1) is 34.9. The Bertz CT molecular complexity index is 2070. The topological polar surface area (TPSA) is 114 Å². The molecule has 3 saturated heterocycles. The van der Waals surface area contributed by atoms with Gasteiger partial charge < -0.3 is 14.8 Å². The lowest BCUT2D eigenvalue weighted by Crippen LogP contribution is -2.48. The summed E-state index contributed by atoms with van der Waals surface area (Å²) < 4.78 is 67.0. The number of anilines is 2.